The lowest BCUT2D eigenvalue weighted by Gasteiger charge is -2.12. The Labute approximate surface area is 238 Å². The zero-order chi connectivity index (χ0) is 27.2. The number of thioether (sulfide) groups is 1. The molecule has 0 saturated carbocycles. The summed E-state index contributed by atoms with van der Waals surface area (Å²) in [6.07, 6.45) is 0. The quantitative estimate of drug-likeness (QED) is 0.197. The topological polar surface area (TPSA) is 89.5 Å². The molecule has 0 saturated heterocycles. The number of thiazole rings is 1. The summed E-state index contributed by atoms with van der Waals surface area (Å²) in [7, 11) is 3.05. The van der Waals surface area contributed by atoms with Crippen LogP contribution in [0, 0.1) is 0 Å². The Kier molecular flexibility index (Phi) is 9.17. The number of hydrogen-bond acceptors (Lipinski definition) is 7. The van der Waals surface area contributed by atoms with Crippen molar-refractivity contribution in [1.82, 2.24) is 4.98 Å². The van der Waals surface area contributed by atoms with Crippen LogP contribution >= 0.6 is 46.3 Å². The van der Waals surface area contributed by atoms with Gasteiger partial charge in [-0.3, -0.25) is 9.59 Å². The Hall–Kier alpha value is -3.24. The molecule has 3 aromatic carbocycles. The zero-order valence-electron chi connectivity index (χ0n) is 20.6. The van der Waals surface area contributed by atoms with Crippen LogP contribution in [0.3, 0.4) is 0 Å². The van der Waals surface area contributed by atoms with Crippen molar-refractivity contribution in [3.8, 4) is 22.8 Å². The number of amides is 2. The van der Waals surface area contributed by atoms with Crippen LogP contribution in [0.25, 0.3) is 11.3 Å². The molecular formula is C27H23Cl2N3O4S2. The van der Waals surface area contributed by atoms with E-state index in [1.807, 2.05) is 30.5 Å². The number of rotatable bonds is 9. The molecule has 4 aromatic rings. The van der Waals surface area contributed by atoms with Crippen molar-refractivity contribution < 1.29 is 19.1 Å². The van der Waals surface area contributed by atoms with Crippen molar-refractivity contribution in [3.63, 3.8) is 0 Å². The van der Waals surface area contributed by atoms with Crippen LogP contribution in [0.4, 0.5) is 10.8 Å². The summed E-state index contributed by atoms with van der Waals surface area (Å²) in [6.45, 7) is 1.82. The molecule has 0 fully saturated rings. The van der Waals surface area contributed by atoms with Crippen molar-refractivity contribution in [3.05, 3.63) is 81.7 Å². The lowest BCUT2D eigenvalue weighted by Crippen LogP contribution is -2.22. The lowest BCUT2D eigenvalue weighted by atomic mass is 10.2. The Morgan fingerprint density at radius 3 is 2.34 bits per heavy atom. The number of ether oxygens (including phenoxy) is 2. The van der Waals surface area contributed by atoms with Crippen LogP contribution in [-0.4, -0.2) is 36.3 Å². The molecule has 38 heavy (non-hydrogen) atoms. The maximum Gasteiger partial charge on any atom is 0.255 e. The molecule has 196 valence electrons. The first-order valence-electron chi connectivity index (χ1n) is 11.3. The molecule has 0 radical (unpaired) electrons. The van der Waals surface area contributed by atoms with E-state index in [1.165, 1.54) is 37.3 Å². The van der Waals surface area contributed by atoms with Gasteiger partial charge in [-0.1, -0.05) is 29.3 Å². The molecule has 1 aromatic heterocycles. The van der Waals surface area contributed by atoms with Gasteiger partial charge in [-0.05, 0) is 61.5 Å². The number of nitrogens with zero attached hydrogens (tertiary/aromatic N) is 1. The summed E-state index contributed by atoms with van der Waals surface area (Å²) in [5.74, 6) is 0.575. The Bertz CT molecular complexity index is 1460. The third kappa shape index (κ3) is 6.79. The van der Waals surface area contributed by atoms with Gasteiger partial charge in [-0.2, -0.15) is 0 Å². The second kappa shape index (κ2) is 12.5. The maximum absolute atomic E-state index is 12.7. The van der Waals surface area contributed by atoms with E-state index in [9.17, 15) is 9.59 Å². The van der Waals surface area contributed by atoms with Gasteiger partial charge in [-0.15, -0.1) is 23.1 Å². The SMILES string of the molecule is COc1ccc(C(=O)Nc2ccc(SC(C)C(=O)Nc3nc(-c4ccc(Cl)c(Cl)c4)cs3)cc2)cc1OC. The second-order valence-electron chi connectivity index (χ2n) is 7.96. The fourth-order valence-electron chi connectivity index (χ4n) is 3.38. The Balaban J connectivity index is 1.33. The average Bonchev–Trinajstić information content (AvgIpc) is 3.39. The Morgan fingerprint density at radius 1 is 0.921 bits per heavy atom. The molecule has 0 aliphatic rings. The van der Waals surface area contributed by atoms with Gasteiger partial charge in [0.15, 0.2) is 16.6 Å². The number of aromatic nitrogens is 1. The minimum absolute atomic E-state index is 0.170. The van der Waals surface area contributed by atoms with Crippen molar-refractivity contribution >= 4 is 68.9 Å². The van der Waals surface area contributed by atoms with Gasteiger partial charge in [0.1, 0.15) is 0 Å². The smallest absolute Gasteiger partial charge is 0.255 e. The summed E-state index contributed by atoms with van der Waals surface area (Å²) in [6, 6.07) is 17.5. The van der Waals surface area contributed by atoms with Gasteiger partial charge in [0.2, 0.25) is 5.91 Å². The van der Waals surface area contributed by atoms with Crippen molar-refractivity contribution in [2.24, 2.45) is 0 Å². The van der Waals surface area contributed by atoms with Crippen LogP contribution < -0.4 is 20.1 Å². The number of anilines is 2. The molecule has 4 rings (SSSR count). The number of carbonyl (C=O) groups is 2. The van der Waals surface area contributed by atoms with E-state index in [0.717, 1.165) is 10.5 Å². The predicted molar refractivity (Wildman–Crippen MR) is 155 cm³/mol. The van der Waals surface area contributed by atoms with E-state index in [0.29, 0.717) is 43.6 Å². The van der Waals surface area contributed by atoms with Gasteiger partial charge in [0, 0.05) is 27.1 Å². The molecule has 7 nitrogen and oxygen atoms in total. The van der Waals surface area contributed by atoms with E-state index in [1.54, 1.807) is 42.5 Å². The van der Waals surface area contributed by atoms with Crippen molar-refractivity contribution in [2.75, 3.05) is 24.9 Å². The highest BCUT2D eigenvalue weighted by Crippen LogP contribution is 2.32. The summed E-state index contributed by atoms with van der Waals surface area (Å²) >= 11 is 14.8. The standard InChI is InChI=1S/C27H23Cl2N3O4S2/c1-15(25(33)32-27-31-22(14-37-27)16-4-10-20(28)21(29)12-16)38-19-8-6-18(7-9-19)30-26(34)17-5-11-23(35-2)24(13-17)36-3/h4-15H,1-3H3,(H,30,34)(H,31,32,33). The van der Waals surface area contributed by atoms with Crippen LogP contribution in [0.5, 0.6) is 11.5 Å². The second-order valence-corrected chi connectivity index (χ2v) is 11.1. The summed E-state index contributed by atoms with van der Waals surface area (Å²) in [5.41, 5.74) is 2.59. The fourth-order valence-corrected chi connectivity index (χ4v) is 5.27. The third-order valence-electron chi connectivity index (χ3n) is 5.39. The first kappa shape index (κ1) is 27.8. The average molecular weight is 589 g/mol. The minimum atomic E-state index is -0.375. The maximum atomic E-state index is 12.7. The number of methoxy groups -OCH3 is 2. The molecule has 0 aliphatic heterocycles. The normalized spacial score (nSPS) is 11.5. The number of nitrogens with one attached hydrogen (secondary N) is 2. The molecule has 0 aliphatic carbocycles. The van der Waals surface area contributed by atoms with Gasteiger partial charge in [-0.25, -0.2) is 4.98 Å². The van der Waals surface area contributed by atoms with E-state index in [2.05, 4.69) is 15.6 Å². The predicted octanol–water partition coefficient (Wildman–Crippen LogP) is 7.51. The molecule has 1 heterocycles. The number of carbonyl (C=O) groups excluding carboxylic acids is 2. The minimum Gasteiger partial charge on any atom is -0.493 e. The monoisotopic (exact) mass is 587 g/mol. The molecular weight excluding hydrogens is 565 g/mol. The van der Waals surface area contributed by atoms with Crippen LogP contribution in [0.15, 0.2) is 70.9 Å². The Morgan fingerprint density at radius 2 is 1.66 bits per heavy atom. The first-order valence-corrected chi connectivity index (χ1v) is 13.8. The number of benzene rings is 3. The molecule has 1 atom stereocenters. The van der Waals surface area contributed by atoms with Gasteiger partial charge < -0.3 is 20.1 Å². The highest BCUT2D eigenvalue weighted by Gasteiger charge is 2.17. The summed E-state index contributed by atoms with van der Waals surface area (Å²) in [5, 5.41) is 8.61. The highest BCUT2D eigenvalue weighted by atomic mass is 35.5. The van der Waals surface area contributed by atoms with Crippen molar-refractivity contribution in [1.29, 1.82) is 0 Å². The van der Waals surface area contributed by atoms with Gasteiger partial charge >= 0.3 is 0 Å². The van der Waals surface area contributed by atoms with Gasteiger partial charge in [0.25, 0.3) is 5.91 Å². The largest absolute Gasteiger partial charge is 0.493 e. The first-order chi connectivity index (χ1) is 18.3. The van der Waals surface area contributed by atoms with E-state index >= 15 is 0 Å². The lowest BCUT2D eigenvalue weighted by molar-refractivity contribution is -0.115. The van der Waals surface area contributed by atoms with Crippen LogP contribution in [0.2, 0.25) is 10.0 Å². The van der Waals surface area contributed by atoms with Crippen LogP contribution in [0.1, 0.15) is 17.3 Å². The molecule has 2 amide bonds. The third-order valence-corrected chi connectivity index (χ3v) is 8.00. The summed E-state index contributed by atoms with van der Waals surface area (Å²) < 4.78 is 10.5. The number of halogens is 2. The summed E-state index contributed by atoms with van der Waals surface area (Å²) in [4.78, 5) is 30.8. The zero-order valence-corrected chi connectivity index (χ0v) is 23.7. The fraction of sp³-hybridized carbons (Fsp3) is 0.148. The van der Waals surface area contributed by atoms with Crippen molar-refractivity contribution in [2.45, 2.75) is 17.1 Å². The van der Waals surface area contributed by atoms with E-state index < -0.39 is 0 Å². The van der Waals surface area contributed by atoms with Crippen LogP contribution in [-0.2, 0) is 4.79 Å². The van der Waals surface area contributed by atoms with Gasteiger partial charge in [0.05, 0.1) is 35.2 Å². The molecule has 0 bridgehead atoms. The number of hydrogen-bond donors (Lipinski definition) is 2. The van der Waals surface area contributed by atoms with E-state index in [-0.39, 0.29) is 17.1 Å². The molecule has 0 spiro atoms. The molecule has 2 N–H and O–H groups in total. The molecule has 1 unspecified atom stereocenters. The highest BCUT2D eigenvalue weighted by molar-refractivity contribution is 8.00. The molecule has 11 heteroatoms. The van der Waals surface area contributed by atoms with E-state index in [4.69, 9.17) is 32.7 Å².